The fourth-order valence-electron chi connectivity index (χ4n) is 4.84. The van der Waals surface area contributed by atoms with Crippen molar-refractivity contribution in [2.75, 3.05) is 10.8 Å². The van der Waals surface area contributed by atoms with Gasteiger partial charge in [-0.2, -0.15) is 0 Å². The van der Waals surface area contributed by atoms with E-state index in [1.807, 2.05) is 0 Å². The third-order valence-electron chi connectivity index (χ3n) is 7.09. The Morgan fingerprint density at radius 2 is 1.65 bits per heavy atom. The maximum atomic E-state index is 13.9. The molecule has 1 aliphatic carbocycles. The summed E-state index contributed by atoms with van der Waals surface area (Å²) in [5, 5.41) is 3.55. The van der Waals surface area contributed by atoms with Gasteiger partial charge < -0.3 is 10.2 Å². The number of anilines is 1. The highest BCUT2D eigenvalue weighted by Gasteiger charge is 2.33. The molecular weight excluding hydrogens is 553 g/mol. The first-order chi connectivity index (χ1) is 19.1. The molecule has 0 heterocycles. The van der Waals surface area contributed by atoms with Crippen LogP contribution in [0, 0.1) is 5.82 Å². The summed E-state index contributed by atoms with van der Waals surface area (Å²) in [4.78, 5) is 28.5. The highest BCUT2D eigenvalue weighted by Crippen LogP contribution is 2.25. The van der Waals surface area contributed by atoms with Gasteiger partial charge >= 0.3 is 0 Å². The minimum absolute atomic E-state index is 0.0477. The van der Waals surface area contributed by atoms with E-state index < -0.39 is 34.3 Å². The number of carbonyl (C=O) groups is 2. The van der Waals surface area contributed by atoms with E-state index in [4.69, 9.17) is 11.6 Å². The first-order valence-corrected chi connectivity index (χ1v) is 15.1. The molecule has 3 aromatic rings. The van der Waals surface area contributed by atoms with Crippen molar-refractivity contribution in [1.29, 1.82) is 0 Å². The topological polar surface area (TPSA) is 86.8 Å². The zero-order valence-corrected chi connectivity index (χ0v) is 23.9. The molecule has 0 unspecified atom stereocenters. The molecule has 1 N–H and O–H groups in total. The maximum absolute atomic E-state index is 13.9. The number of hydrogen-bond acceptors (Lipinski definition) is 4. The summed E-state index contributed by atoms with van der Waals surface area (Å²) in [5.41, 5.74) is 0.966. The molecule has 0 radical (unpaired) electrons. The number of para-hydroxylation sites is 1. The summed E-state index contributed by atoms with van der Waals surface area (Å²) in [6.07, 6.45) is 4.99. The highest BCUT2D eigenvalue weighted by molar-refractivity contribution is 7.92. The van der Waals surface area contributed by atoms with Crippen molar-refractivity contribution in [3.63, 3.8) is 0 Å². The van der Waals surface area contributed by atoms with Crippen molar-refractivity contribution < 1.29 is 22.4 Å². The Balaban J connectivity index is 1.65. The second-order valence-corrected chi connectivity index (χ2v) is 12.3. The van der Waals surface area contributed by atoms with Crippen molar-refractivity contribution in [2.24, 2.45) is 0 Å². The number of nitrogens with one attached hydrogen (secondary N) is 1. The Hall–Kier alpha value is -3.43. The van der Waals surface area contributed by atoms with Crippen molar-refractivity contribution in [3.05, 3.63) is 95.3 Å². The highest BCUT2D eigenvalue weighted by atomic mass is 35.5. The van der Waals surface area contributed by atoms with Crippen LogP contribution in [-0.2, 0) is 26.2 Å². The summed E-state index contributed by atoms with van der Waals surface area (Å²) in [7, 11) is -4.25. The van der Waals surface area contributed by atoms with E-state index >= 15 is 0 Å². The Kier molecular flexibility index (Phi) is 9.81. The zero-order chi connectivity index (χ0) is 28.7. The lowest BCUT2D eigenvalue weighted by molar-refractivity contribution is -0.139. The van der Waals surface area contributed by atoms with Crippen LogP contribution in [0.15, 0.2) is 83.8 Å². The molecule has 1 fully saturated rings. The van der Waals surface area contributed by atoms with Crippen LogP contribution < -0.4 is 9.62 Å². The Morgan fingerprint density at radius 1 is 0.975 bits per heavy atom. The van der Waals surface area contributed by atoms with Crippen molar-refractivity contribution in [3.8, 4) is 0 Å². The number of hydrogen-bond donors (Lipinski definition) is 1. The van der Waals surface area contributed by atoms with Crippen LogP contribution in [0.4, 0.5) is 10.1 Å². The van der Waals surface area contributed by atoms with Gasteiger partial charge in [-0.3, -0.25) is 13.9 Å². The van der Waals surface area contributed by atoms with Gasteiger partial charge in [0.2, 0.25) is 11.8 Å². The molecular formula is C30H33ClFN3O4S. The van der Waals surface area contributed by atoms with Crippen LogP contribution in [0.1, 0.15) is 44.6 Å². The predicted octanol–water partition coefficient (Wildman–Crippen LogP) is 5.54. The quantitative estimate of drug-likeness (QED) is 0.338. The third-order valence-corrected chi connectivity index (χ3v) is 9.11. The van der Waals surface area contributed by atoms with Gasteiger partial charge in [0, 0.05) is 17.6 Å². The molecule has 1 saturated carbocycles. The standard InChI is InChI=1S/C30H33ClFN3O4S/c1-22(30(37)33-26-11-4-2-5-12-26)34(20-23-9-8-10-24(31)19-23)29(36)21-35(27-13-6-3-7-14-27)40(38,39)28-17-15-25(32)16-18-28/h3,6-10,13-19,22,26H,2,4-5,11-12,20-21H2,1H3,(H,33,37)/t22-/m0/s1. The number of nitrogens with zero attached hydrogens (tertiary/aromatic N) is 2. The largest absolute Gasteiger partial charge is 0.352 e. The van der Waals surface area contributed by atoms with Crippen molar-refractivity contribution >= 4 is 39.1 Å². The van der Waals surface area contributed by atoms with E-state index in [2.05, 4.69) is 5.32 Å². The molecule has 0 aromatic heterocycles. The summed E-state index contributed by atoms with van der Waals surface area (Å²) in [6.45, 7) is 1.13. The van der Waals surface area contributed by atoms with Crippen LogP contribution in [0.2, 0.25) is 5.02 Å². The maximum Gasteiger partial charge on any atom is 0.264 e. The van der Waals surface area contributed by atoms with E-state index in [1.165, 1.54) is 4.90 Å². The number of carbonyl (C=O) groups excluding carboxylic acids is 2. The first kappa shape index (κ1) is 29.6. The molecule has 1 atom stereocenters. The number of amides is 2. The Bertz CT molecular complexity index is 1410. The average molecular weight is 586 g/mol. The van der Waals surface area contributed by atoms with Gasteiger partial charge in [0.1, 0.15) is 18.4 Å². The minimum Gasteiger partial charge on any atom is -0.352 e. The van der Waals surface area contributed by atoms with Crippen molar-refractivity contribution in [2.45, 2.75) is 62.6 Å². The molecule has 7 nitrogen and oxygen atoms in total. The van der Waals surface area contributed by atoms with Gasteiger partial charge in [0.05, 0.1) is 10.6 Å². The third kappa shape index (κ3) is 7.40. The number of halogens is 2. The van der Waals surface area contributed by atoms with Gasteiger partial charge in [-0.15, -0.1) is 0 Å². The molecule has 2 amide bonds. The number of benzene rings is 3. The van der Waals surface area contributed by atoms with E-state index in [1.54, 1.807) is 61.5 Å². The van der Waals surface area contributed by atoms with Crippen LogP contribution in [0.25, 0.3) is 0 Å². The lowest BCUT2D eigenvalue weighted by Crippen LogP contribution is -2.53. The lowest BCUT2D eigenvalue weighted by atomic mass is 9.95. The second-order valence-electron chi connectivity index (χ2n) is 9.97. The predicted molar refractivity (Wildman–Crippen MR) is 154 cm³/mol. The Labute approximate surface area is 240 Å². The van der Waals surface area contributed by atoms with Crippen LogP contribution in [-0.4, -0.2) is 43.8 Å². The molecule has 1 aliphatic rings. The molecule has 0 saturated heterocycles. The molecule has 0 spiro atoms. The van der Waals surface area contributed by atoms with Crippen molar-refractivity contribution in [1.82, 2.24) is 10.2 Å². The monoisotopic (exact) mass is 585 g/mol. The lowest BCUT2D eigenvalue weighted by Gasteiger charge is -2.33. The summed E-state index contributed by atoms with van der Waals surface area (Å²) in [5.74, 6) is -1.44. The molecule has 212 valence electrons. The van der Waals surface area contributed by atoms with Crippen LogP contribution in [0.3, 0.4) is 0 Å². The SMILES string of the molecule is C[C@@H](C(=O)NC1CCCCC1)N(Cc1cccc(Cl)c1)C(=O)CN(c1ccccc1)S(=O)(=O)c1ccc(F)cc1. The summed E-state index contributed by atoms with van der Waals surface area (Å²) < 4.78 is 42.0. The molecule has 0 bridgehead atoms. The fraction of sp³-hybridized carbons (Fsp3) is 0.333. The molecule has 10 heteroatoms. The van der Waals surface area contributed by atoms with Crippen LogP contribution in [0.5, 0.6) is 0 Å². The van der Waals surface area contributed by atoms with E-state index in [0.29, 0.717) is 10.6 Å². The summed E-state index contributed by atoms with van der Waals surface area (Å²) >= 11 is 6.19. The minimum atomic E-state index is -4.25. The van der Waals surface area contributed by atoms with Gasteiger partial charge in [0.25, 0.3) is 10.0 Å². The van der Waals surface area contributed by atoms with E-state index in [0.717, 1.165) is 60.7 Å². The van der Waals surface area contributed by atoms with Gasteiger partial charge in [0.15, 0.2) is 0 Å². The molecule has 3 aromatic carbocycles. The number of rotatable bonds is 10. The van der Waals surface area contributed by atoms with Gasteiger partial charge in [-0.25, -0.2) is 12.8 Å². The molecule has 0 aliphatic heterocycles. The second kappa shape index (κ2) is 13.3. The summed E-state index contributed by atoms with van der Waals surface area (Å²) in [6, 6.07) is 18.8. The number of sulfonamides is 1. The van der Waals surface area contributed by atoms with Gasteiger partial charge in [-0.1, -0.05) is 61.2 Å². The average Bonchev–Trinajstić information content (AvgIpc) is 2.95. The molecule has 40 heavy (non-hydrogen) atoms. The smallest absolute Gasteiger partial charge is 0.264 e. The van der Waals surface area contributed by atoms with E-state index in [-0.39, 0.29) is 29.1 Å². The molecule has 4 rings (SSSR count). The van der Waals surface area contributed by atoms with Gasteiger partial charge in [-0.05, 0) is 73.9 Å². The normalized spacial score (nSPS) is 14.8. The zero-order valence-electron chi connectivity index (χ0n) is 22.3. The van der Waals surface area contributed by atoms with E-state index in [9.17, 15) is 22.4 Å². The Morgan fingerprint density at radius 3 is 2.30 bits per heavy atom. The van der Waals surface area contributed by atoms with Crippen LogP contribution >= 0.6 is 11.6 Å². The first-order valence-electron chi connectivity index (χ1n) is 13.3. The fourth-order valence-corrected chi connectivity index (χ4v) is 6.47.